The molecule has 1 unspecified atom stereocenters. The summed E-state index contributed by atoms with van der Waals surface area (Å²) in [5.41, 5.74) is -0.263. The number of amides is 1. The molecule has 1 atom stereocenters. The Morgan fingerprint density at radius 2 is 1.87 bits per heavy atom. The highest BCUT2D eigenvalue weighted by atomic mass is 32.2. The Kier molecular flexibility index (Phi) is 6.62. The standard InChI is InChI=1S/C14H17F2NO5S/c1-2-7-23(21,22)11-6-4-3-5-9(11)13(18)17-10(14(19)20)8-12(15)16/h3-6,10,12H,2,7-8H2,1H3,(H,17,18)(H,19,20). The van der Waals surface area contributed by atoms with Crippen molar-refractivity contribution in [2.24, 2.45) is 0 Å². The van der Waals surface area contributed by atoms with Gasteiger partial charge in [-0.05, 0) is 18.6 Å². The number of hydrogen-bond acceptors (Lipinski definition) is 4. The molecule has 1 rings (SSSR count). The van der Waals surface area contributed by atoms with Crippen LogP contribution in [0.2, 0.25) is 0 Å². The van der Waals surface area contributed by atoms with E-state index < -0.39 is 40.6 Å². The van der Waals surface area contributed by atoms with Gasteiger partial charge >= 0.3 is 5.97 Å². The number of nitrogens with one attached hydrogen (secondary N) is 1. The van der Waals surface area contributed by atoms with Gasteiger partial charge in [-0.1, -0.05) is 19.1 Å². The van der Waals surface area contributed by atoms with Crippen LogP contribution in [0.4, 0.5) is 8.78 Å². The van der Waals surface area contributed by atoms with E-state index in [0.29, 0.717) is 6.42 Å². The normalized spacial score (nSPS) is 12.9. The van der Waals surface area contributed by atoms with E-state index in [2.05, 4.69) is 0 Å². The van der Waals surface area contributed by atoms with Crippen LogP contribution in [0.1, 0.15) is 30.1 Å². The van der Waals surface area contributed by atoms with Crippen molar-refractivity contribution in [1.29, 1.82) is 0 Å². The molecule has 0 aliphatic heterocycles. The molecule has 1 amide bonds. The molecule has 128 valence electrons. The van der Waals surface area contributed by atoms with E-state index >= 15 is 0 Å². The molecule has 2 N–H and O–H groups in total. The summed E-state index contributed by atoms with van der Waals surface area (Å²) in [6, 6.07) is 3.46. The molecule has 0 saturated carbocycles. The number of carboxylic acids is 1. The van der Waals surface area contributed by atoms with Gasteiger partial charge in [-0.2, -0.15) is 0 Å². The average Bonchev–Trinajstić information content (AvgIpc) is 2.45. The highest BCUT2D eigenvalue weighted by Crippen LogP contribution is 2.18. The molecule has 0 fully saturated rings. The summed E-state index contributed by atoms with van der Waals surface area (Å²) in [6.45, 7) is 1.66. The number of carboxylic acid groups (broad SMARTS) is 1. The van der Waals surface area contributed by atoms with E-state index in [0.717, 1.165) is 0 Å². The highest BCUT2D eigenvalue weighted by Gasteiger charge is 2.27. The number of aliphatic carboxylic acids is 1. The fourth-order valence-electron chi connectivity index (χ4n) is 1.94. The molecule has 9 heteroatoms. The van der Waals surface area contributed by atoms with E-state index in [4.69, 9.17) is 5.11 Å². The summed E-state index contributed by atoms with van der Waals surface area (Å²) in [5, 5.41) is 10.8. The van der Waals surface area contributed by atoms with E-state index in [9.17, 15) is 26.8 Å². The molecule has 0 saturated heterocycles. The van der Waals surface area contributed by atoms with Crippen molar-refractivity contribution in [3.05, 3.63) is 29.8 Å². The lowest BCUT2D eigenvalue weighted by Gasteiger charge is -2.15. The zero-order valence-corrected chi connectivity index (χ0v) is 13.1. The molecule has 0 aliphatic carbocycles. The van der Waals surface area contributed by atoms with Crippen LogP contribution in [0.25, 0.3) is 0 Å². The second-order valence-electron chi connectivity index (χ2n) is 4.81. The van der Waals surface area contributed by atoms with Gasteiger partial charge in [0, 0.05) is 6.42 Å². The fraction of sp³-hybridized carbons (Fsp3) is 0.429. The summed E-state index contributed by atoms with van der Waals surface area (Å²) in [4.78, 5) is 22.8. The van der Waals surface area contributed by atoms with Crippen molar-refractivity contribution in [3.8, 4) is 0 Å². The quantitative estimate of drug-likeness (QED) is 0.744. The van der Waals surface area contributed by atoms with Gasteiger partial charge in [0.2, 0.25) is 6.43 Å². The second-order valence-corrected chi connectivity index (χ2v) is 6.88. The molecule has 1 aromatic carbocycles. The van der Waals surface area contributed by atoms with Crippen LogP contribution in [-0.4, -0.2) is 43.6 Å². The van der Waals surface area contributed by atoms with Crippen LogP contribution in [0, 0.1) is 0 Å². The first kappa shape index (κ1) is 19.0. The highest BCUT2D eigenvalue weighted by molar-refractivity contribution is 7.91. The largest absolute Gasteiger partial charge is 0.480 e. The maximum Gasteiger partial charge on any atom is 0.326 e. The lowest BCUT2D eigenvalue weighted by molar-refractivity contribution is -0.140. The second kappa shape index (κ2) is 8.00. The van der Waals surface area contributed by atoms with Gasteiger partial charge in [0.25, 0.3) is 5.91 Å². The van der Waals surface area contributed by atoms with E-state index in [1.807, 2.05) is 5.32 Å². The monoisotopic (exact) mass is 349 g/mol. The molecule has 0 radical (unpaired) electrons. The van der Waals surface area contributed by atoms with Crippen molar-refractivity contribution in [3.63, 3.8) is 0 Å². The SMILES string of the molecule is CCCS(=O)(=O)c1ccccc1C(=O)NC(CC(F)F)C(=O)O. The predicted molar refractivity (Wildman–Crippen MR) is 78.3 cm³/mol. The topological polar surface area (TPSA) is 101 Å². The predicted octanol–water partition coefficient (Wildman–Crippen LogP) is 1.71. The van der Waals surface area contributed by atoms with Gasteiger partial charge in [0.1, 0.15) is 6.04 Å². The number of hydrogen-bond donors (Lipinski definition) is 2. The number of benzene rings is 1. The van der Waals surface area contributed by atoms with Gasteiger partial charge in [-0.25, -0.2) is 22.0 Å². The summed E-state index contributed by atoms with van der Waals surface area (Å²) >= 11 is 0. The maximum atomic E-state index is 12.4. The van der Waals surface area contributed by atoms with E-state index in [1.165, 1.54) is 24.3 Å². The Bertz CT molecular complexity index is 676. The first-order valence-electron chi connectivity index (χ1n) is 6.82. The molecular formula is C14H17F2NO5S. The smallest absolute Gasteiger partial charge is 0.326 e. The van der Waals surface area contributed by atoms with Crippen molar-refractivity contribution >= 4 is 21.7 Å². The van der Waals surface area contributed by atoms with Crippen LogP contribution >= 0.6 is 0 Å². The van der Waals surface area contributed by atoms with Crippen LogP contribution in [-0.2, 0) is 14.6 Å². The summed E-state index contributed by atoms with van der Waals surface area (Å²) < 4.78 is 49.0. The van der Waals surface area contributed by atoms with E-state index in [-0.39, 0.29) is 16.2 Å². The lowest BCUT2D eigenvalue weighted by atomic mass is 10.1. The molecule has 0 bridgehead atoms. The number of carbonyl (C=O) groups excluding carboxylic acids is 1. The molecule has 0 aliphatic rings. The zero-order valence-electron chi connectivity index (χ0n) is 12.3. The Morgan fingerprint density at radius 1 is 1.26 bits per heavy atom. The third kappa shape index (κ3) is 5.27. The molecule has 0 heterocycles. The number of rotatable bonds is 8. The lowest BCUT2D eigenvalue weighted by Crippen LogP contribution is -2.42. The van der Waals surface area contributed by atoms with Crippen molar-refractivity contribution < 1.29 is 31.9 Å². The molecule has 0 spiro atoms. The van der Waals surface area contributed by atoms with E-state index in [1.54, 1.807) is 6.92 Å². The molecule has 0 aromatic heterocycles. The molecular weight excluding hydrogens is 332 g/mol. The first-order chi connectivity index (χ1) is 10.7. The summed E-state index contributed by atoms with van der Waals surface area (Å²) in [5.74, 6) is -2.82. The van der Waals surface area contributed by atoms with Gasteiger partial charge in [0.05, 0.1) is 16.2 Å². The number of sulfone groups is 1. The molecule has 1 aromatic rings. The minimum absolute atomic E-state index is 0.184. The van der Waals surface area contributed by atoms with Crippen LogP contribution in [0.3, 0.4) is 0 Å². The van der Waals surface area contributed by atoms with Crippen molar-refractivity contribution in [1.82, 2.24) is 5.32 Å². The summed E-state index contributed by atoms with van der Waals surface area (Å²) in [7, 11) is -3.72. The van der Waals surface area contributed by atoms with Crippen LogP contribution in [0.5, 0.6) is 0 Å². The maximum absolute atomic E-state index is 12.4. The van der Waals surface area contributed by atoms with Crippen molar-refractivity contribution in [2.45, 2.75) is 37.1 Å². The van der Waals surface area contributed by atoms with Crippen molar-refractivity contribution in [2.75, 3.05) is 5.75 Å². The third-order valence-electron chi connectivity index (χ3n) is 2.96. The number of carbonyl (C=O) groups is 2. The Morgan fingerprint density at radius 3 is 2.39 bits per heavy atom. The van der Waals surface area contributed by atoms with Gasteiger partial charge in [0.15, 0.2) is 9.84 Å². The van der Waals surface area contributed by atoms with Gasteiger partial charge < -0.3 is 10.4 Å². The molecule has 6 nitrogen and oxygen atoms in total. The Labute approximate surface area is 132 Å². The van der Waals surface area contributed by atoms with Gasteiger partial charge in [-0.15, -0.1) is 0 Å². The average molecular weight is 349 g/mol. The fourth-order valence-corrected chi connectivity index (χ4v) is 3.48. The van der Waals surface area contributed by atoms with Crippen LogP contribution in [0.15, 0.2) is 29.2 Å². The van der Waals surface area contributed by atoms with Crippen LogP contribution < -0.4 is 5.32 Å². The third-order valence-corrected chi connectivity index (χ3v) is 4.93. The minimum Gasteiger partial charge on any atom is -0.480 e. The Balaban J connectivity index is 3.12. The number of halogens is 2. The zero-order chi connectivity index (χ0) is 17.6. The number of alkyl halides is 2. The minimum atomic E-state index is -3.72. The Hall–Kier alpha value is -2.03. The van der Waals surface area contributed by atoms with Gasteiger partial charge in [-0.3, -0.25) is 4.79 Å². The molecule has 23 heavy (non-hydrogen) atoms. The first-order valence-corrected chi connectivity index (χ1v) is 8.47. The summed E-state index contributed by atoms with van der Waals surface area (Å²) in [6.07, 6.45) is -3.65.